The molecule has 1 fully saturated rings. The predicted molar refractivity (Wildman–Crippen MR) is 203 cm³/mol. The number of hydrogen-bond donors (Lipinski definition) is 6. The van der Waals surface area contributed by atoms with Gasteiger partial charge in [-0.1, -0.05) is 105 Å². The van der Waals surface area contributed by atoms with Crippen molar-refractivity contribution < 1.29 is 78.2 Å². The zero-order chi connectivity index (χ0) is 41.9. The molecular weight excluding hydrogens is 736 g/mol. The summed E-state index contributed by atoms with van der Waals surface area (Å²) in [7, 11) is 0. The molecule has 0 amide bonds. The van der Waals surface area contributed by atoms with Gasteiger partial charge in [-0.3, -0.25) is 19.2 Å². The van der Waals surface area contributed by atoms with Crippen LogP contribution in [0.5, 0.6) is 0 Å². The van der Waals surface area contributed by atoms with E-state index in [1.54, 1.807) is 0 Å². The van der Waals surface area contributed by atoms with Gasteiger partial charge in [0.2, 0.25) is 6.29 Å². The minimum absolute atomic E-state index is 0.00108. The Hall–Kier alpha value is -2.44. The fraction of sp³-hybridized carbons (Fsp3) is 0.900. The minimum Gasteiger partial charge on any atom is -0.463 e. The molecule has 0 aliphatic carbocycles. The molecule has 1 rings (SSSR count). The van der Waals surface area contributed by atoms with Crippen molar-refractivity contribution in [2.75, 3.05) is 13.2 Å². The second kappa shape index (κ2) is 30.6. The molecule has 328 valence electrons. The van der Waals surface area contributed by atoms with Crippen molar-refractivity contribution in [1.29, 1.82) is 0 Å². The molecule has 1 aliphatic heterocycles. The molecule has 1 aliphatic rings. The van der Waals surface area contributed by atoms with E-state index in [-0.39, 0.29) is 25.7 Å². The molecule has 0 saturated carbocycles. The normalized spacial score (nSPS) is 22.4. The van der Waals surface area contributed by atoms with Crippen LogP contribution in [0.3, 0.4) is 0 Å². The van der Waals surface area contributed by atoms with Crippen LogP contribution in [0.25, 0.3) is 0 Å². The van der Waals surface area contributed by atoms with Gasteiger partial charge < -0.3 is 59.1 Å². The third-order valence-corrected chi connectivity index (χ3v) is 9.59. The monoisotopic (exact) mass is 808 g/mol. The number of carbonyl (C=O) groups is 4. The molecule has 0 aromatic heterocycles. The quantitative estimate of drug-likeness (QED) is 0.0246. The Morgan fingerprint density at radius 2 is 0.929 bits per heavy atom. The molecule has 0 aromatic rings. The first-order valence-electron chi connectivity index (χ1n) is 20.9. The van der Waals surface area contributed by atoms with E-state index in [2.05, 4.69) is 13.8 Å². The summed E-state index contributed by atoms with van der Waals surface area (Å²) in [5, 5.41) is 61.3. The van der Waals surface area contributed by atoms with Crippen LogP contribution >= 0.6 is 0 Å². The number of carbonyl (C=O) groups excluding carboxylic acids is 4. The van der Waals surface area contributed by atoms with Crippen LogP contribution in [0.1, 0.15) is 156 Å². The Morgan fingerprint density at radius 3 is 1.41 bits per heavy atom. The second-order valence-corrected chi connectivity index (χ2v) is 14.6. The summed E-state index contributed by atoms with van der Waals surface area (Å²) in [4.78, 5) is 52.8. The number of ether oxygens (including phenoxy) is 6. The van der Waals surface area contributed by atoms with Gasteiger partial charge in [0.1, 0.15) is 37.1 Å². The summed E-state index contributed by atoms with van der Waals surface area (Å²) in [6, 6.07) is 0. The molecule has 6 N–H and O–H groups in total. The van der Waals surface area contributed by atoms with E-state index in [1.165, 1.54) is 0 Å². The van der Waals surface area contributed by atoms with Crippen molar-refractivity contribution >= 4 is 23.9 Å². The number of esters is 4. The van der Waals surface area contributed by atoms with Crippen LogP contribution in [0.4, 0.5) is 0 Å². The first-order valence-corrected chi connectivity index (χ1v) is 20.9. The smallest absolute Gasteiger partial charge is 0.306 e. The van der Waals surface area contributed by atoms with Gasteiger partial charge in [-0.25, -0.2) is 0 Å². The van der Waals surface area contributed by atoms with Crippen LogP contribution in [-0.4, -0.2) is 129 Å². The van der Waals surface area contributed by atoms with E-state index < -0.39 is 98.5 Å². The molecule has 0 spiro atoms. The summed E-state index contributed by atoms with van der Waals surface area (Å²) >= 11 is 0. The molecule has 56 heavy (non-hydrogen) atoms. The first kappa shape index (κ1) is 51.6. The lowest BCUT2D eigenvalue weighted by molar-refractivity contribution is -0.349. The topological polar surface area (TPSA) is 245 Å². The van der Waals surface area contributed by atoms with Crippen LogP contribution in [-0.2, 0) is 47.6 Å². The van der Waals surface area contributed by atoms with E-state index in [4.69, 9.17) is 28.4 Å². The van der Waals surface area contributed by atoms with Crippen molar-refractivity contribution in [3.05, 3.63) is 0 Å². The van der Waals surface area contributed by atoms with Crippen LogP contribution in [0.2, 0.25) is 0 Å². The highest BCUT2D eigenvalue weighted by Gasteiger charge is 2.54. The zero-order valence-electron chi connectivity index (χ0n) is 34.1. The summed E-state index contributed by atoms with van der Waals surface area (Å²) in [6.45, 7) is 6.54. The lowest BCUT2D eigenvalue weighted by Gasteiger charge is -2.45. The van der Waals surface area contributed by atoms with Crippen molar-refractivity contribution in [3.63, 3.8) is 0 Å². The van der Waals surface area contributed by atoms with Gasteiger partial charge in [0.15, 0.2) is 24.6 Å². The Kier molecular flexibility index (Phi) is 28.2. The molecule has 16 heteroatoms. The third-order valence-electron chi connectivity index (χ3n) is 9.59. The summed E-state index contributed by atoms with van der Waals surface area (Å²) in [6.07, 6.45) is -6.72. The highest BCUT2D eigenvalue weighted by molar-refractivity contribution is 5.72. The Labute approximate surface area is 332 Å². The lowest BCUT2D eigenvalue weighted by Crippen LogP contribution is -2.64. The lowest BCUT2D eigenvalue weighted by atomic mass is 9.97. The van der Waals surface area contributed by atoms with E-state index in [1.807, 2.05) is 13.8 Å². The largest absolute Gasteiger partial charge is 0.463 e. The van der Waals surface area contributed by atoms with Crippen molar-refractivity contribution in [1.82, 2.24) is 0 Å². The van der Waals surface area contributed by atoms with Gasteiger partial charge in [0.05, 0.1) is 6.61 Å². The highest BCUT2D eigenvalue weighted by atomic mass is 16.8. The minimum atomic E-state index is -2.40. The van der Waals surface area contributed by atoms with Crippen molar-refractivity contribution in [3.8, 4) is 0 Å². The molecule has 0 aromatic carbocycles. The molecule has 0 radical (unpaired) electrons. The van der Waals surface area contributed by atoms with Crippen molar-refractivity contribution in [2.45, 2.75) is 218 Å². The standard InChI is InChI=1S/C40H72O16/c1-5-9-13-15-19-23-31(45)54-37-36(53-30(44)22-18-12-8-4)28(26-51-29(43)21-17-11-7-3)52-40(38(37)55-32(46)24-20-16-14-10-6-2)56-39(50)35(49)34(48)33(47)27(42)25-41/h27-28,33-42,47-50H,5-26H2,1-4H3/t27-,28-,33-,34+,35+,36-,37+,38+,39?,40+/m1/s1. The van der Waals surface area contributed by atoms with Crippen LogP contribution < -0.4 is 0 Å². The van der Waals surface area contributed by atoms with Gasteiger partial charge in [-0.2, -0.15) is 0 Å². The molecule has 1 saturated heterocycles. The summed E-state index contributed by atoms with van der Waals surface area (Å²) < 4.78 is 34.9. The van der Waals surface area contributed by atoms with Gasteiger partial charge in [-0.15, -0.1) is 0 Å². The maximum atomic E-state index is 13.4. The maximum Gasteiger partial charge on any atom is 0.306 e. The molecule has 0 bridgehead atoms. The van der Waals surface area contributed by atoms with E-state index >= 15 is 0 Å². The van der Waals surface area contributed by atoms with Gasteiger partial charge in [0, 0.05) is 25.7 Å². The van der Waals surface area contributed by atoms with E-state index in [0.717, 1.165) is 77.0 Å². The SMILES string of the molecule is CCCCCCCC(=O)O[C@@H]1[C@H](OC(=O)CCCCCCC)[C@H](OC(O)[C@@H](O)[C@@H](O)[C@H](O)[C@H](O)CO)O[C@H](COC(=O)CCCCC)[C@H]1OC(=O)CCCCC. The summed E-state index contributed by atoms with van der Waals surface area (Å²) in [5.74, 6) is -2.73. The number of aliphatic hydroxyl groups is 6. The third kappa shape index (κ3) is 20.3. The molecule has 1 unspecified atom stereocenters. The Morgan fingerprint density at radius 1 is 0.518 bits per heavy atom. The average molecular weight is 809 g/mol. The number of unbranched alkanes of at least 4 members (excludes halogenated alkanes) is 12. The number of rotatable bonds is 32. The maximum absolute atomic E-state index is 13.4. The van der Waals surface area contributed by atoms with Gasteiger partial charge in [-0.05, 0) is 25.7 Å². The fourth-order valence-electron chi connectivity index (χ4n) is 6.11. The fourth-order valence-corrected chi connectivity index (χ4v) is 6.11. The number of aliphatic hydroxyl groups excluding tert-OH is 6. The summed E-state index contributed by atoms with van der Waals surface area (Å²) in [5.41, 5.74) is 0. The highest BCUT2D eigenvalue weighted by Crippen LogP contribution is 2.32. The van der Waals surface area contributed by atoms with E-state index in [9.17, 15) is 49.8 Å². The molecular formula is C40H72O16. The molecule has 16 nitrogen and oxygen atoms in total. The molecule has 10 atom stereocenters. The predicted octanol–water partition coefficient (Wildman–Crippen LogP) is 3.64. The van der Waals surface area contributed by atoms with E-state index in [0.29, 0.717) is 25.7 Å². The number of hydrogen-bond acceptors (Lipinski definition) is 16. The second-order valence-electron chi connectivity index (χ2n) is 14.6. The van der Waals surface area contributed by atoms with Gasteiger partial charge in [0.25, 0.3) is 0 Å². The van der Waals surface area contributed by atoms with Crippen LogP contribution in [0.15, 0.2) is 0 Å². The van der Waals surface area contributed by atoms with Crippen LogP contribution in [0, 0.1) is 0 Å². The Bertz CT molecular complexity index is 1070. The average Bonchev–Trinajstić information content (AvgIpc) is 3.18. The zero-order valence-corrected chi connectivity index (χ0v) is 34.1. The van der Waals surface area contributed by atoms with Gasteiger partial charge >= 0.3 is 23.9 Å². The molecule has 1 heterocycles. The first-order chi connectivity index (χ1) is 26.8. The Balaban J connectivity index is 3.64. The van der Waals surface area contributed by atoms with Crippen molar-refractivity contribution in [2.24, 2.45) is 0 Å².